The molecule has 2 aliphatic heterocycles. The van der Waals surface area contributed by atoms with E-state index in [4.69, 9.17) is 23.2 Å². The SMILES string of the molecule is C[C@@]12C(=O)N(c3ccc(F)c(Cl)c3)C(=O)[C@@H]1C[C@@H]1C(=CC[C@@H]3C(=O)N(c4cccc([N+](=O)[O-])c4)C(=O)[C@@H]31)[C@@H]2c1cc(Cl)ccc1O. The third-order valence-electron chi connectivity index (χ3n) is 10.0. The highest BCUT2D eigenvalue weighted by atomic mass is 35.5. The second-order valence-corrected chi connectivity index (χ2v) is 13.1. The minimum absolute atomic E-state index is 0.0269. The Kier molecular flexibility index (Phi) is 6.84. The Balaban J connectivity index is 1.37. The van der Waals surface area contributed by atoms with Gasteiger partial charge in [-0.1, -0.05) is 40.9 Å². The Labute approximate surface area is 271 Å². The summed E-state index contributed by atoms with van der Waals surface area (Å²) in [6.45, 7) is 1.63. The molecule has 0 radical (unpaired) electrons. The molecule has 3 aromatic rings. The lowest BCUT2D eigenvalue weighted by Crippen LogP contribution is -2.48. The van der Waals surface area contributed by atoms with Crippen LogP contribution >= 0.6 is 23.2 Å². The number of non-ortho nitro benzene ring substituents is 1. The van der Waals surface area contributed by atoms with Gasteiger partial charge in [0.25, 0.3) is 5.69 Å². The van der Waals surface area contributed by atoms with E-state index in [0.29, 0.717) is 5.57 Å². The van der Waals surface area contributed by atoms with Crippen molar-refractivity contribution in [2.75, 3.05) is 9.80 Å². The molecular weight excluding hydrogens is 640 g/mol. The van der Waals surface area contributed by atoms with Crippen molar-refractivity contribution in [1.29, 1.82) is 0 Å². The van der Waals surface area contributed by atoms with Crippen LogP contribution in [0.15, 0.2) is 72.3 Å². The monoisotopic (exact) mass is 663 g/mol. The largest absolute Gasteiger partial charge is 0.508 e. The molecule has 2 aliphatic carbocycles. The number of phenolic OH excluding ortho intramolecular Hbond substituents is 1. The van der Waals surface area contributed by atoms with Crippen LogP contribution in [0.4, 0.5) is 21.5 Å². The topological polar surface area (TPSA) is 138 Å². The second-order valence-electron chi connectivity index (χ2n) is 12.3. The first-order valence-electron chi connectivity index (χ1n) is 14.5. The highest BCUT2D eigenvalue weighted by Gasteiger charge is 2.68. The van der Waals surface area contributed by atoms with Crippen molar-refractivity contribution in [3.63, 3.8) is 0 Å². The molecule has 10 nitrogen and oxygen atoms in total. The van der Waals surface area contributed by atoms with Gasteiger partial charge in [0.1, 0.15) is 11.6 Å². The molecule has 2 heterocycles. The molecule has 4 aliphatic rings. The standard InChI is InChI=1S/C33H24Cl2FN3O7/c1-33-23(30(42)38(32(33)44)17-6-9-25(36)24(35)13-17)14-21-19(28(33)22-11-15(34)5-10-26(22)40)7-8-20-27(21)31(43)37(29(20)41)16-3-2-4-18(12-16)39(45)46/h2-7,9-13,20-21,23,27-28,40H,8,14H2,1H3/t20-,21+,23-,27-,28+,33+/m0/s1. The number of halogens is 3. The number of nitro benzene ring substituents is 1. The van der Waals surface area contributed by atoms with E-state index in [1.165, 1.54) is 48.5 Å². The number of anilines is 2. The van der Waals surface area contributed by atoms with Gasteiger partial charge in [-0.25, -0.2) is 14.2 Å². The summed E-state index contributed by atoms with van der Waals surface area (Å²) in [4.78, 5) is 69.3. The van der Waals surface area contributed by atoms with Crippen LogP contribution in [0.5, 0.6) is 5.75 Å². The summed E-state index contributed by atoms with van der Waals surface area (Å²) in [7, 11) is 0. The number of phenols is 1. The van der Waals surface area contributed by atoms with Gasteiger partial charge in [0.05, 0.1) is 44.5 Å². The van der Waals surface area contributed by atoms with Crippen LogP contribution in [0.1, 0.15) is 31.2 Å². The molecule has 6 atom stereocenters. The molecule has 46 heavy (non-hydrogen) atoms. The number of amides is 4. The third-order valence-corrected chi connectivity index (χ3v) is 10.6. The second kappa shape index (κ2) is 10.5. The van der Waals surface area contributed by atoms with E-state index in [1.807, 2.05) is 0 Å². The molecule has 1 saturated carbocycles. The molecule has 3 fully saturated rings. The van der Waals surface area contributed by atoms with Crippen LogP contribution in [0.3, 0.4) is 0 Å². The number of rotatable bonds is 4. The van der Waals surface area contributed by atoms with Crippen molar-refractivity contribution in [2.24, 2.45) is 29.1 Å². The van der Waals surface area contributed by atoms with Crippen molar-refractivity contribution < 1.29 is 33.6 Å². The van der Waals surface area contributed by atoms with Gasteiger partial charge in [-0.3, -0.25) is 29.3 Å². The number of fused-ring (bicyclic) bond motifs is 4. The Morgan fingerprint density at radius 2 is 1.67 bits per heavy atom. The quantitative estimate of drug-likeness (QED) is 0.152. The Morgan fingerprint density at radius 3 is 2.39 bits per heavy atom. The molecule has 3 aromatic carbocycles. The van der Waals surface area contributed by atoms with Gasteiger partial charge in [-0.2, -0.15) is 0 Å². The van der Waals surface area contributed by atoms with E-state index in [2.05, 4.69) is 0 Å². The average Bonchev–Trinajstić information content (AvgIpc) is 3.39. The maximum Gasteiger partial charge on any atom is 0.271 e. The van der Waals surface area contributed by atoms with Crippen molar-refractivity contribution in [3.8, 4) is 5.75 Å². The minimum atomic E-state index is -1.47. The fourth-order valence-electron chi connectivity index (χ4n) is 7.99. The van der Waals surface area contributed by atoms with Crippen LogP contribution < -0.4 is 9.80 Å². The van der Waals surface area contributed by atoms with Crippen molar-refractivity contribution in [3.05, 3.63) is 104 Å². The summed E-state index contributed by atoms with van der Waals surface area (Å²) >= 11 is 12.4. The Morgan fingerprint density at radius 1 is 0.935 bits per heavy atom. The summed E-state index contributed by atoms with van der Waals surface area (Å²) in [5.41, 5.74) is -0.726. The number of aromatic hydroxyl groups is 1. The fourth-order valence-corrected chi connectivity index (χ4v) is 8.34. The van der Waals surface area contributed by atoms with Gasteiger partial charge in [0, 0.05) is 28.6 Å². The molecule has 13 heteroatoms. The van der Waals surface area contributed by atoms with Gasteiger partial charge in [-0.15, -0.1) is 0 Å². The molecule has 0 spiro atoms. The summed E-state index contributed by atoms with van der Waals surface area (Å²) in [6, 6.07) is 13.2. The van der Waals surface area contributed by atoms with Crippen LogP contribution in [-0.2, 0) is 19.2 Å². The number of carbonyl (C=O) groups is 4. The molecule has 1 N–H and O–H groups in total. The molecule has 0 aromatic heterocycles. The minimum Gasteiger partial charge on any atom is -0.508 e. The smallest absolute Gasteiger partial charge is 0.271 e. The number of imide groups is 2. The Bertz CT molecular complexity index is 1950. The molecular formula is C33H24Cl2FN3O7. The summed E-state index contributed by atoms with van der Waals surface area (Å²) in [5, 5.41) is 22.5. The Hall–Kier alpha value is -4.61. The molecule has 4 amide bonds. The van der Waals surface area contributed by atoms with Crippen molar-refractivity contribution >= 4 is 63.9 Å². The molecule has 0 bridgehead atoms. The number of nitrogens with zero attached hydrogens (tertiary/aromatic N) is 3. The van der Waals surface area contributed by atoms with Crippen molar-refractivity contribution in [2.45, 2.75) is 25.7 Å². The van der Waals surface area contributed by atoms with Gasteiger partial charge in [0.15, 0.2) is 0 Å². The lowest BCUT2D eigenvalue weighted by atomic mass is 9.51. The first kappa shape index (κ1) is 30.1. The lowest BCUT2D eigenvalue weighted by molar-refractivity contribution is -0.384. The van der Waals surface area contributed by atoms with E-state index in [-0.39, 0.29) is 51.3 Å². The number of carbonyl (C=O) groups excluding carboxylic acids is 4. The number of hydrogen-bond acceptors (Lipinski definition) is 7. The zero-order valence-electron chi connectivity index (χ0n) is 24.0. The van der Waals surface area contributed by atoms with Gasteiger partial charge < -0.3 is 5.11 Å². The van der Waals surface area contributed by atoms with E-state index >= 15 is 0 Å². The first-order chi connectivity index (χ1) is 21.8. The van der Waals surface area contributed by atoms with E-state index in [1.54, 1.807) is 13.0 Å². The molecule has 234 valence electrons. The fraction of sp³-hybridized carbons (Fsp3) is 0.273. The maximum absolute atomic E-state index is 14.4. The van der Waals surface area contributed by atoms with Crippen LogP contribution in [0.25, 0.3) is 0 Å². The van der Waals surface area contributed by atoms with Gasteiger partial charge >= 0.3 is 0 Å². The molecule has 2 saturated heterocycles. The van der Waals surface area contributed by atoms with E-state index < -0.39 is 69.4 Å². The number of allylic oxidation sites excluding steroid dienone is 2. The number of hydrogen-bond donors (Lipinski definition) is 1. The number of nitro groups is 1. The third kappa shape index (κ3) is 4.14. The zero-order valence-corrected chi connectivity index (χ0v) is 25.5. The first-order valence-corrected chi connectivity index (χ1v) is 15.2. The molecule has 0 unspecified atom stereocenters. The predicted octanol–water partition coefficient (Wildman–Crippen LogP) is 6.18. The summed E-state index contributed by atoms with van der Waals surface area (Å²) < 4.78 is 14.1. The highest BCUT2D eigenvalue weighted by molar-refractivity contribution is 6.32. The zero-order chi connectivity index (χ0) is 32.8. The summed E-state index contributed by atoms with van der Waals surface area (Å²) in [5.74, 6) is -7.54. The lowest BCUT2D eigenvalue weighted by Gasteiger charge is -2.49. The highest BCUT2D eigenvalue weighted by Crippen LogP contribution is 2.64. The van der Waals surface area contributed by atoms with Crippen LogP contribution in [0, 0.1) is 45.0 Å². The van der Waals surface area contributed by atoms with Crippen LogP contribution in [-0.4, -0.2) is 33.7 Å². The average molecular weight is 664 g/mol. The predicted molar refractivity (Wildman–Crippen MR) is 165 cm³/mol. The maximum atomic E-state index is 14.4. The van der Waals surface area contributed by atoms with E-state index in [0.717, 1.165) is 21.9 Å². The normalized spacial score (nSPS) is 28.6. The van der Waals surface area contributed by atoms with Gasteiger partial charge in [-0.05, 0) is 68.1 Å². The molecule has 7 rings (SSSR count). The number of benzene rings is 3. The van der Waals surface area contributed by atoms with E-state index in [9.17, 15) is 38.8 Å². The van der Waals surface area contributed by atoms with Crippen LogP contribution in [0.2, 0.25) is 10.0 Å². The summed E-state index contributed by atoms with van der Waals surface area (Å²) in [6.07, 6.45) is 1.96. The van der Waals surface area contributed by atoms with Crippen molar-refractivity contribution in [1.82, 2.24) is 0 Å². The van der Waals surface area contributed by atoms with Gasteiger partial charge in [0.2, 0.25) is 23.6 Å².